The van der Waals surface area contributed by atoms with Gasteiger partial charge in [0.15, 0.2) is 11.5 Å². The summed E-state index contributed by atoms with van der Waals surface area (Å²) in [4.78, 5) is 4.24. The minimum Gasteiger partial charge on any atom is -0.263 e. The van der Waals surface area contributed by atoms with E-state index in [4.69, 9.17) is 11.6 Å². The van der Waals surface area contributed by atoms with E-state index in [1.165, 1.54) is 0 Å². The van der Waals surface area contributed by atoms with Crippen LogP contribution in [-0.4, -0.2) is 19.6 Å². The van der Waals surface area contributed by atoms with Gasteiger partial charge in [0.25, 0.3) is 0 Å². The Morgan fingerprint density at radius 3 is 2.84 bits per heavy atom. The van der Waals surface area contributed by atoms with Crippen molar-refractivity contribution in [3.8, 4) is 11.4 Å². The molecule has 19 heavy (non-hydrogen) atoms. The second-order valence-electron chi connectivity index (χ2n) is 3.97. The van der Waals surface area contributed by atoms with E-state index >= 15 is 0 Å². The second-order valence-corrected chi connectivity index (χ2v) is 6.45. The number of aryl methyl sites for hydroxylation is 1. The van der Waals surface area contributed by atoms with Gasteiger partial charge in [-0.15, -0.1) is 10.2 Å². The molecule has 0 unspecified atom stereocenters. The molecule has 0 atom stereocenters. The molecule has 4 nitrogen and oxygen atoms in total. The molecule has 0 saturated carbocycles. The summed E-state index contributed by atoms with van der Waals surface area (Å²) >= 11 is 11.7. The van der Waals surface area contributed by atoms with Gasteiger partial charge < -0.3 is 0 Å². The highest BCUT2D eigenvalue weighted by Crippen LogP contribution is 2.29. The molecule has 96 valence electrons. The molecule has 2 aromatic heterocycles. The molecule has 0 N–H and O–H groups in total. The van der Waals surface area contributed by atoms with E-state index in [1.54, 1.807) is 6.07 Å². The molecule has 7 heteroatoms. The van der Waals surface area contributed by atoms with Gasteiger partial charge in [0, 0.05) is 19.7 Å². The maximum Gasteiger partial charge on any atom is 0.170 e. The van der Waals surface area contributed by atoms with Crippen molar-refractivity contribution in [1.29, 1.82) is 0 Å². The van der Waals surface area contributed by atoms with Crippen LogP contribution in [0.3, 0.4) is 0 Å². The topological polar surface area (TPSA) is 43.1 Å². The Hall–Kier alpha value is -0.730. The van der Waals surface area contributed by atoms with Crippen LogP contribution in [0.5, 0.6) is 0 Å². The molecule has 0 fully saturated rings. The van der Waals surface area contributed by atoms with Crippen molar-refractivity contribution in [2.75, 3.05) is 0 Å². The van der Waals surface area contributed by atoms with Crippen LogP contribution in [0.2, 0.25) is 5.15 Å². The first-order chi connectivity index (χ1) is 9.06. The Balaban J connectivity index is 2.34. The predicted molar refractivity (Wildman–Crippen MR) is 86.4 cm³/mol. The zero-order valence-corrected chi connectivity index (χ0v) is 14.2. The van der Waals surface area contributed by atoms with Crippen LogP contribution < -0.4 is 0 Å². The Morgan fingerprint density at radius 1 is 1.26 bits per heavy atom. The highest BCUT2D eigenvalue weighted by atomic mass is 127. The number of hydrogen-bond acceptors (Lipinski definition) is 3. The summed E-state index contributed by atoms with van der Waals surface area (Å²) in [7, 11) is 0. The molecular formula is C12H7BrClIN4. The minimum absolute atomic E-state index is 0.422. The largest absolute Gasteiger partial charge is 0.263 e. The number of hydrogen-bond donors (Lipinski definition) is 0. The van der Waals surface area contributed by atoms with Crippen molar-refractivity contribution in [2.24, 2.45) is 0 Å². The lowest BCUT2D eigenvalue weighted by Gasteiger charge is -2.06. The molecule has 0 amide bonds. The van der Waals surface area contributed by atoms with E-state index in [0.29, 0.717) is 10.8 Å². The van der Waals surface area contributed by atoms with Crippen molar-refractivity contribution >= 4 is 55.8 Å². The van der Waals surface area contributed by atoms with Gasteiger partial charge in [-0.1, -0.05) is 27.5 Å². The number of fused-ring (bicyclic) bond motifs is 1. The normalized spacial score (nSPS) is 11.2. The van der Waals surface area contributed by atoms with Gasteiger partial charge in [-0.2, -0.15) is 0 Å². The first-order valence-corrected chi connectivity index (χ1v) is 7.65. The van der Waals surface area contributed by atoms with E-state index in [2.05, 4.69) is 59.8 Å². The SMILES string of the molecule is Cc1nc(Cl)cc2nnc(-c3cc(I)ccc3Br)n12. The molecule has 3 aromatic rings. The van der Waals surface area contributed by atoms with Gasteiger partial charge >= 0.3 is 0 Å². The number of nitrogens with zero attached hydrogens (tertiary/aromatic N) is 4. The molecule has 0 saturated heterocycles. The lowest BCUT2D eigenvalue weighted by atomic mass is 10.2. The molecule has 3 rings (SSSR count). The van der Waals surface area contributed by atoms with Crippen molar-refractivity contribution in [3.63, 3.8) is 0 Å². The Morgan fingerprint density at radius 2 is 2.05 bits per heavy atom. The van der Waals surface area contributed by atoms with Gasteiger partial charge in [0.1, 0.15) is 11.0 Å². The Kier molecular flexibility index (Phi) is 3.48. The van der Waals surface area contributed by atoms with Crippen LogP contribution in [0.25, 0.3) is 17.0 Å². The Bertz CT molecular complexity index is 787. The summed E-state index contributed by atoms with van der Waals surface area (Å²) in [5, 5.41) is 8.83. The summed E-state index contributed by atoms with van der Waals surface area (Å²) in [5.41, 5.74) is 1.67. The van der Waals surface area contributed by atoms with Gasteiger partial charge in [0.2, 0.25) is 0 Å². The zero-order valence-electron chi connectivity index (χ0n) is 9.73. The highest BCUT2D eigenvalue weighted by molar-refractivity contribution is 14.1. The third-order valence-electron chi connectivity index (χ3n) is 2.70. The highest BCUT2D eigenvalue weighted by Gasteiger charge is 2.14. The molecule has 0 aliphatic heterocycles. The maximum absolute atomic E-state index is 5.93. The van der Waals surface area contributed by atoms with Crippen LogP contribution in [0.4, 0.5) is 0 Å². The van der Waals surface area contributed by atoms with Gasteiger partial charge in [-0.05, 0) is 47.7 Å². The lowest BCUT2D eigenvalue weighted by molar-refractivity contribution is 0.987. The molecule has 0 bridgehead atoms. The van der Waals surface area contributed by atoms with Crippen LogP contribution >= 0.6 is 50.1 Å². The zero-order chi connectivity index (χ0) is 13.6. The van der Waals surface area contributed by atoms with E-state index in [0.717, 1.165) is 25.3 Å². The number of halogens is 3. The smallest absolute Gasteiger partial charge is 0.170 e. The molecule has 0 spiro atoms. The number of aromatic nitrogens is 4. The van der Waals surface area contributed by atoms with Gasteiger partial charge in [0.05, 0.1) is 0 Å². The average Bonchev–Trinajstić information content (AvgIpc) is 2.76. The quantitative estimate of drug-likeness (QED) is 0.415. The summed E-state index contributed by atoms with van der Waals surface area (Å²) in [6.07, 6.45) is 0. The van der Waals surface area contributed by atoms with Crippen LogP contribution in [-0.2, 0) is 0 Å². The first kappa shape index (κ1) is 13.3. The third kappa shape index (κ3) is 2.36. The van der Waals surface area contributed by atoms with Crippen molar-refractivity contribution in [1.82, 2.24) is 19.6 Å². The van der Waals surface area contributed by atoms with Gasteiger partial charge in [-0.3, -0.25) is 4.40 Å². The Labute approximate surface area is 136 Å². The third-order valence-corrected chi connectivity index (χ3v) is 4.25. The molecule has 0 aliphatic rings. The van der Waals surface area contributed by atoms with E-state index < -0.39 is 0 Å². The summed E-state index contributed by atoms with van der Waals surface area (Å²) in [6, 6.07) is 7.78. The number of rotatable bonds is 1. The van der Waals surface area contributed by atoms with E-state index in [-0.39, 0.29) is 0 Å². The summed E-state index contributed by atoms with van der Waals surface area (Å²) in [6.45, 7) is 1.88. The fraction of sp³-hybridized carbons (Fsp3) is 0.0833. The van der Waals surface area contributed by atoms with E-state index in [1.807, 2.05) is 23.5 Å². The molecular weight excluding hydrogens is 442 g/mol. The first-order valence-electron chi connectivity index (χ1n) is 5.40. The van der Waals surface area contributed by atoms with Crippen molar-refractivity contribution in [2.45, 2.75) is 6.92 Å². The van der Waals surface area contributed by atoms with Crippen LogP contribution in [0, 0.1) is 10.5 Å². The molecule has 0 radical (unpaired) electrons. The molecule has 0 aliphatic carbocycles. The fourth-order valence-corrected chi connectivity index (χ4v) is 3.03. The van der Waals surface area contributed by atoms with E-state index in [9.17, 15) is 0 Å². The fourth-order valence-electron chi connectivity index (χ4n) is 1.90. The average molecular weight is 449 g/mol. The second kappa shape index (κ2) is 4.99. The standard InChI is InChI=1S/C12H7BrClIN4/c1-6-16-10(14)5-11-17-18-12(19(6)11)8-4-7(15)2-3-9(8)13/h2-5H,1H3. The monoisotopic (exact) mass is 448 g/mol. The van der Waals surface area contributed by atoms with Crippen LogP contribution in [0.1, 0.15) is 5.82 Å². The van der Waals surface area contributed by atoms with Crippen molar-refractivity contribution in [3.05, 3.63) is 43.3 Å². The maximum atomic E-state index is 5.93. The molecule has 2 heterocycles. The molecule has 1 aromatic carbocycles. The van der Waals surface area contributed by atoms with Gasteiger partial charge in [-0.25, -0.2) is 4.98 Å². The summed E-state index contributed by atoms with van der Waals surface area (Å²) < 4.78 is 3.99. The van der Waals surface area contributed by atoms with Crippen LogP contribution in [0.15, 0.2) is 28.7 Å². The number of benzene rings is 1. The summed E-state index contributed by atoms with van der Waals surface area (Å²) in [5.74, 6) is 1.51. The predicted octanol–water partition coefficient (Wildman–Crippen LogP) is 4.12. The van der Waals surface area contributed by atoms with Crippen molar-refractivity contribution < 1.29 is 0 Å². The minimum atomic E-state index is 0.422. The lowest BCUT2D eigenvalue weighted by Crippen LogP contribution is -1.98.